The van der Waals surface area contributed by atoms with Crippen LogP contribution in [0.2, 0.25) is 0 Å². The SMILES string of the molecule is COc1cc(C(=O)O)cc(OC)c1OC.Cc1c(N(C)C(=N)N=C(N)N)c(=O)n(-c2ccccc2)n1C. The first-order valence-electron chi connectivity index (χ1n) is 10.8. The Kier molecular flexibility index (Phi) is 9.29. The third-order valence-corrected chi connectivity index (χ3v) is 5.32. The molecule has 0 amide bonds. The summed E-state index contributed by atoms with van der Waals surface area (Å²) in [4.78, 5) is 28.6. The van der Waals surface area contributed by atoms with E-state index in [0.717, 1.165) is 5.69 Å². The first-order chi connectivity index (χ1) is 17.5. The molecular formula is C24H31N7O6. The van der Waals surface area contributed by atoms with E-state index in [2.05, 4.69) is 4.99 Å². The van der Waals surface area contributed by atoms with Gasteiger partial charge in [0, 0.05) is 14.1 Å². The Morgan fingerprint density at radius 2 is 1.59 bits per heavy atom. The van der Waals surface area contributed by atoms with Crippen LogP contribution in [0, 0.1) is 12.3 Å². The monoisotopic (exact) mass is 513 g/mol. The number of carboxylic acids is 1. The smallest absolute Gasteiger partial charge is 0.335 e. The molecule has 6 N–H and O–H groups in total. The molecule has 0 fully saturated rings. The minimum absolute atomic E-state index is 0.0875. The van der Waals surface area contributed by atoms with Gasteiger partial charge < -0.3 is 35.7 Å². The molecule has 0 radical (unpaired) electrons. The fourth-order valence-electron chi connectivity index (χ4n) is 3.45. The van der Waals surface area contributed by atoms with Gasteiger partial charge in [-0.2, -0.15) is 4.99 Å². The lowest BCUT2D eigenvalue weighted by atomic mass is 10.2. The number of methoxy groups -OCH3 is 3. The van der Waals surface area contributed by atoms with Crippen LogP contribution in [0.15, 0.2) is 52.3 Å². The summed E-state index contributed by atoms with van der Waals surface area (Å²) in [6.07, 6.45) is 0. The van der Waals surface area contributed by atoms with Gasteiger partial charge in [-0.05, 0) is 31.2 Å². The third-order valence-electron chi connectivity index (χ3n) is 5.32. The van der Waals surface area contributed by atoms with Crippen molar-refractivity contribution >= 4 is 23.6 Å². The Bertz CT molecular complexity index is 1330. The van der Waals surface area contributed by atoms with Gasteiger partial charge in [0.2, 0.25) is 11.7 Å². The van der Waals surface area contributed by atoms with Gasteiger partial charge in [-0.15, -0.1) is 0 Å². The van der Waals surface area contributed by atoms with Gasteiger partial charge in [0.05, 0.1) is 38.3 Å². The van der Waals surface area contributed by atoms with E-state index in [4.69, 9.17) is 36.2 Å². The molecule has 3 aromatic rings. The normalized spacial score (nSPS) is 10.0. The number of aromatic carboxylic acids is 1. The van der Waals surface area contributed by atoms with Gasteiger partial charge in [-0.3, -0.25) is 14.9 Å². The topological polar surface area (TPSA) is 183 Å². The molecule has 13 nitrogen and oxygen atoms in total. The van der Waals surface area contributed by atoms with Crippen molar-refractivity contribution in [3.63, 3.8) is 0 Å². The lowest BCUT2D eigenvalue weighted by Gasteiger charge is -2.15. The van der Waals surface area contributed by atoms with Crippen LogP contribution in [0.5, 0.6) is 17.2 Å². The van der Waals surface area contributed by atoms with E-state index in [0.29, 0.717) is 28.6 Å². The maximum Gasteiger partial charge on any atom is 0.335 e. The average Bonchev–Trinajstić information content (AvgIpc) is 3.10. The number of carbonyl (C=O) groups is 1. The number of benzene rings is 2. The Hall–Kier alpha value is -4.94. The lowest BCUT2D eigenvalue weighted by molar-refractivity contribution is 0.0696. The second-order valence-electron chi connectivity index (χ2n) is 7.55. The van der Waals surface area contributed by atoms with Crippen LogP contribution in [-0.2, 0) is 7.05 Å². The molecule has 0 aliphatic heterocycles. The summed E-state index contributed by atoms with van der Waals surface area (Å²) in [5.74, 6) is -0.442. The number of rotatable bonds is 6. The van der Waals surface area contributed by atoms with Gasteiger partial charge in [0.15, 0.2) is 17.5 Å². The molecule has 2 aromatic carbocycles. The number of aromatic nitrogens is 2. The highest BCUT2D eigenvalue weighted by Crippen LogP contribution is 2.38. The Balaban J connectivity index is 0.000000281. The lowest BCUT2D eigenvalue weighted by Crippen LogP contribution is -2.33. The van der Waals surface area contributed by atoms with Crippen LogP contribution in [0.1, 0.15) is 16.1 Å². The number of aliphatic imine (C=N–C) groups is 1. The molecule has 0 bridgehead atoms. The van der Waals surface area contributed by atoms with Crippen LogP contribution >= 0.6 is 0 Å². The van der Waals surface area contributed by atoms with E-state index in [1.807, 2.05) is 30.3 Å². The Labute approximate surface area is 213 Å². The van der Waals surface area contributed by atoms with Crippen molar-refractivity contribution in [1.82, 2.24) is 9.36 Å². The quantitative estimate of drug-likeness (QED) is 0.280. The van der Waals surface area contributed by atoms with Crippen molar-refractivity contribution in [3.8, 4) is 22.9 Å². The molecule has 0 atom stereocenters. The molecule has 3 rings (SSSR count). The van der Waals surface area contributed by atoms with E-state index < -0.39 is 5.97 Å². The minimum Gasteiger partial charge on any atom is -0.493 e. The molecule has 0 unspecified atom stereocenters. The Morgan fingerprint density at radius 3 is 2.03 bits per heavy atom. The van der Waals surface area contributed by atoms with Crippen molar-refractivity contribution in [2.75, 3.05) is 33.3 Å². The fourth-order valence-corrected chi connectivity index (χ4v) is 3.45. The van der Waals surface area contributed by atoms with Gasteiger partial charge in [0.1, 0.15) is 5.69 Å². The second kappa shape index (κ2) is 12.2. The molecule has 0 aliphatic carbocycles. The number of nitrogens with two attached hydrogens (primary N) is 2. The molecule has 13 heteroatoms. The number of anilines is 1. The number of guanidine groups is 2. The first-order valence-corrected chi connectivity index (χ1v) is 10.8. The molecule has 0 saturated carbocycles. The van der Waals surface area contributed by atoms with E-state index in [-0.39, 0.29) is 23.0 Å². The zero-order chi connectivity index (χ0) is 27.9. The van der Waals surface area contributed by atoms with E-state index >= 15 is 0 Å². The number of para-hydroxylation sites is 1. The van der Waals surface area contributed by atoms with Crippen molar-refractivity contribution in [3.05, 3.63) is 64.1 Å². The molecule has 0 aliphatic rings. The summed E-state index contributed by atoms with van der Waals surface area (Å²) in [5.41, 5.74) is 12.2. The molecule has 0 saturated heterocycles. The Morgan fingerprint density at radius 1 is 1.05 bits per heavy atom. The maximum atomic E-state index is 12.7. The number of carboxylic acid groups (broad SMARTS) is 1. The highest BCUT2D eigenvalue weighted by atomic mass is 16.5. The van der Waals surface area contributed by atoms with Crippen LogP contribution in [-0.4, -0.2) is 60.7 Å². The summed E-state index contributed by atoms with van der Waals surface area (Å²) in [6.45, 7) is 1.80. The largest absolute Gasteiger partial charge is 0.493 e. The molecule has 1 heterocycles. The highest BCUT2D eigenvalue weighted by Gasteiger charge is 2.21. The molecule has 1 aromatic heterocycles. The number of nitrogens with one attached hydrogen (secondary N) is 1. The first kappa shape index (κ1) is 28.3. The summed E-state index contributed by atoms with van der Waals surface area (Å²) < 4.78 is 18.3. The van der Waals surface area contributed by atoms with Crippen molar-refractivity contribution in [1.29, 1.82) is 5.41 Å². The predicted octanol–water partition coefficient (Wildman–Crippen LogP) is 1.54. The summed E-state index contributed by atoms with van der Waals surface area (Å²) >= 11 is 0. The standard InChI is InChI=1S/C14H19N7O.C10H12O5/c1-9-11(19(2)14(17)18-13(15)16)12(22)21(20(9)3)10-7-5-4-6-8-10;1-13-7-4-6(10(11)12)5-8(14-2)9(7)15-3/h4-8H,1-3H3,(H5,15,16,17,18);4-5H,1-3H3,(H,11,12). The van der Waals surface area contributed by atoms with Gasteiger partial charge >= 0.3 is 5.97 Å². The molecule has 198 valence electrons. The zero-order valence-corrected chi connectivity index (χ0v) is 21.5. The van der Waals surface area contributed by atoms with Crippen LogP contribution < -0.4 is 36.1 Å². The van der Waals surface area contributed by atoms with E-state index in [1.165, 1.54) is 43.0 Å². The van der Waals surface area contributed by atoms with E-state index in [9.17, 15) is 9.59 Å². The minimum atomic E-state index is -1.05. The average molecular weight is 514 g/mol. The molecule has 0 spiro atoms. The summed E-state index contributed by atoms with van der Waals surface area (Å²) in [7, 11) is 7.69. The van der Waals surface area contributed by atoms with Crippen LogP contribution in [0.3, 0.4) is 0 Å². The second-order valence-corrected chi connectivity index (χ2v) is 7.55. The number of nitrogens with zero attached hydrogens (tertiary/aromatic N) is 4. The summed E-state index contributed by atoms with van der Waals surface area (Å²) in [5, 5.41) is 16.7. The van der Waals surface area contributed by atoms with Gasteiger partial charge in [-0.1, -0.05) is 18.2 Å². The van der Waals surface area contributed by atoms with Crippen molar-refractivity contribution in [2.24, 2.45) is 23.5 Å². The fraction of sp³-hybridized carbons (Fsp3) is 0.250. The molecular weight excluding hydrogens is 482 g/mol. The van der Waals surface area contributed by atoms with Crippen molar-refractivity contribution < 1.29 is 24.1 Å². The van der Waals surface area contributed by atoms with Crippen LogP contribution in [0.4, 0.5) is 5.69 Å². The number of ether oxygens (including phenoxy) is 3. The number of hydrogen-bond donors (Lipinski definition) is 4. The van der Waals surface area contributed by atoms with Gasteiger partial charge in [-0.25, -0.2) is 9.48 Å². The van der Waals surface area contributed by atoms with E-state index in [1.54, 1.807) is 25.7 Å². The number of hydrogen-bond acceptors (Lipinski definition) is 6. The highest BCUT2D eigenvalue weighted by molar-refractivity contribution is 6.01. The predicted molar refractivity (Wildman–Crippen MR) is 141 cm³/mol. The van der Waals surface area contributed by atoms with Crippen LogP contribution in [0.25, 0.3) is 5.69 Å². The maximum absolute atomic E-state index is 12.7. The zero-order valence-electron chi connectivity index (χ0n) is 21.5. The third kappa shape index (κ3) is 6.20. The van der Waals surface area contributed by atoms with Gasteiger partial charge in [0.25, 0.3) is 5.56 Å². The molecule has 37 heavy (non-hydrogen) atoms. The van der Waals surface area contributed by atoms with Crippen molar-refractivity contribution in [2.45, 2.75) is 6.92 Å². The summed E-state index contributed by atoms with van der Waals surface area (Å²) in [6, 6.07) is 12.0.